The zero-order valence-electron chi connectivity index (χ0n) is 14.4. The molecule has 4 rings (SSSR count). The van der Waals surface area contributed by atoms with Gasteiger partial charge in [-0.1, -0.05) is 41.3 Å². The second-order valence-electron chi connectivity index (χ2n) is 5.82. The maximum absolute atomic E-state index is 12.6. The Morgan fingerprint density at radius 1 is 1.00 bits per heavy atom. The smallest absolute Gasteiger partial charge is 0.269 e. The molecule has 0 saturated heterocycles. The number of non-ortho nitro benzene ring substituents is 1. The van der Waals surface area contributed by atoms with Crippen LogP contribution in [0.2, 0.25) is 0 Å². The number of fused-ring (bicyclic) bond motifs is 1. The van der Waals surface area contributed by atoms with Gasteiger partial charge in [0.05, 0.1) is 15.1 Å². The van der Waals surface area contributed by atoms with Crippen LogP contribution < -0.4 is 5.32 Å². The van der Waals surface area contributed by atoms with E-state index in [4.69, 9.17) is 0 Å². The number of rotatable bonds is 5. The summed E-state index contributed by atoms with van der Waals surface area (Å²) >= 11 is 2.86. The zero-order chi connectivity index (χ0) is 19.5. The fourth-order valence-electron chi connectivity index (χ4n) is 2.57. The Kier molecular flexibility index (Phi) is 5.05. The maximum Gasteiger partial charge on any atom is 0.269 e. The van der Waals surface area contributed by atoms with Crippen molar-refractivity contribution in [2.75, 3.05) is 5.32 Å². The van der Waals surface area contributed by atoms with Gasteiger partial charge in [0.25, 0.3) is 11.6 Å². The Morgan fingerprint density at radius 3 is 2.54 bits per heavy atom. The van der Waals surface area contributed by atoms with E-state index in [1.54, 1.807) is 30.3 Å². The number of amides is 1. The van der Waals surface area contributed by atoms with Gasteiger partial charge in [0, 0.05) is 27.5 Å². The molecular formula is C20H13N3O3S2. The van der Waals surface area contributed by atoms with Gasteiger partial charge < -0.3 is 0 Å². The molecule has 8 heteroatoms. The van der Waals surface area contributed by atoms with Gasteiger partial charge in [-0.15, -0.1) is 0 Å². The SMILES string of the molecule is O=C(Nc1nc2ccccc2s1)c1cccc(Sc2ccc([N+](=O)[O-])cc2)c1. The van der Waals surface area contributed by atoms with E-state index in [0.717, 1.165) is 20.0 Å². The molecule has 0 aliphatic carbocycles. The molecule has 3 aromatic carbocycles. The summed E-state index contributed by atoms with van der Waals surface area (Å²) in [4.78, 5) is 29.0. The third kappa shape index (κ3) is 4.03. The minimum absolute atomic E-state index is 0.0494. The van der Waals surface area contributed by atoms with E-state index in [0.29, 0.717) is 10.7 Å². The molecule has 1 heterocycles. The average Bonchev–Trinajstić information content (AvgIpc) is 3.11. The van der Waals surface area contributed by atoms with Crippen molar-refractivity contribution in [3.8, 4) is 0 Å². The lowest BCUT2D eigenvalue weighted by Crippen LogP contribution is -2.11. The molecule has 1 amide bonds. The minimum atomic E-state index is -0.429. The third-order valence-electron chi connectivity index (χ3n) is 3.89. The highest BCUT2D eigenvalue weighted by Gasteiger charge is 2.11. The van der Waals surface area contributed by atoms with E-state index in [2.05, 4.69) is 10.3 Å². The first kappa shape index (κ1) is 18.1. The van der Waals surface area contributed by atoms with E-state index in [1.165, 1.54) is 35.2 Å². The number of para-hydroxylation sites is 1. The highest BCUT2D eigenvalue weighted by atomic mass is 32.2. The Balaban J connectivity index is 1.49. The summed E-state index contributed by atoms with van der Waals surface area (Å²) < 4.78 is 1.01. The van der Waals surface area contributed by atoms with Crippen molar-refractivity contribution < 1.29 is 9.72 Å². The molecule has 0 aliphatic heterocycles. The first-order valence-corrected chi connectivity index (χ1v) is 9.91. The molecule has 6 nitrogen and oxygen atoms in total. The maximum atomic E-state index is 12.6. The second kappa shape index (κ2) is 7.79. The van der Waals surface area contributed by atoms with Crippen molar-refractivity contribution in [2.24, 2.45) is 0 Å². The van der Waals surface area contributed by atoms with E-state index in [1.807, 2.05) is 30.3 Å². The number of nitrogens with one attached hydrogen (secondary N) is 1. The minimum Gasteiger partial charge on any atom is -0.298 e. The number of nitrogens with zero attached hydrogens (tertiary/aromatic N) is 2. The highest BCUT2D eigenvalue weighted by molar-refractivity contribution is 7.99. The van der Waals surface area contributed by atoms with Crippen LogP contribution in [0, 0.1) is 10.1 Å². The van der Waals surface area contributed by atoms with Gasteiger partial charge in [-0.05, 0) is 42.5 Å². The van der Waals surface area contributed by atoms with Crippen LogP contribution in [-0.4, -0.2) is 15.8 Å². The molecule has 0 bridgehead atoms. The van der Waals surface area contributed by atoms with Crippen molar-refractivity contribution >= 4 is 50.0 Å². The Hall–Kier alpha value is -3.23. The van der Waals surface area contributed by atoms with Gasteiger partial charge in [-0.2, -0.15) is 0 Å². The summed E-state index contributed by atoms with van der Waals surface area (Å²) in [5, 5.41) is 14.1. The molecule has 0 radical (unpaired) electrons. The number of benzene rings is 3. The predicted molar refractivity (Wildman–Crippen MR) is 111 cm³/mol. The molecule has 0 saturated carbocycles. The summed E-state index contributed by atoms with van der Waals surface area (Å²) in [5.41, 5.74) is 1.42. The summed E-state index contributed by atoms with van der Waals surface area (Å²) in [7, 11) is 0. The monoisotopic (exact) mass is 407 g/mol. The summed E-state index contributed by atoms with van der Waals surface area (Å²) in [6.07, 6.45) is 0. The van der Waals surface area contributed by atoms with Crippen LogP contribution in [0.1, 0.15) is 10.4 Å². The molecule has 0 unspecified atom stereocenters. The fourth-order valence-corrected chi connectivity index (χ4v) is 4.31. The van der Waals surface area contributed by atoms with Gasteiger partial charge in [0.1, 0.15) is 0 Å². The van der Waals surface area contributed by atoms with Crippen molar-refractivity contribution in [2.45, 2.75) is 9.79 Å². The van der Waals surface area contributed by atoms with Crippen LogP contribution in [0.4, 0.5) is 10.8 Å². The lowest BCUT2D eigenvalue weighted by molar-refractivity contribution is -0.384. The Bertz CT molecular complexity index is 1140. The number of aromatic nitrogens is 1. The number of nitro groups is 1. The van der Waals surface area contributed by atoms with Crippen LogP contribution in [-0.2, 0) is 0 Å². The molecule has 4 aromatic rings. The standard InChI is InChI=1S/C20H13N3O3S2/c24-19(22-20-21-17-6-1-2-7-18(17)28-20)13-4-3-5-16(12-13)27-15-10-8-14(9-11-15)23(25)26/h1-12H,(H,21,22,24). The van der Waals surface area contributed by atoms with E-state index in [-0.39, 0.29) is 11.6 Å². The number of anilines is 1. The van der Waals surface area contributed by atoms with E-state index < -0.39 is 4.92 Å². The quantitative estimate of drug-likeness (QED) is 0.343. The molecule has 0 atom stereocenters. The predicted octanol–water partition coefficient (Wildman–Crippen LogP) is 5.61. The van der Waals surface area contributed by atoms with E-state index >= 15 is 0 Å². The second-order valence-corrected chi connectivity index (χ2v) is 8.00. The highest BCUT2D eigenvalue weighted by Crippen LogP contribution is 2.30. The van der Waals surface area contributed by atoms with Crippen LogP contribution in [0.15, 0.2) is 82.6 Å². The Labute approximate surface area is 168 Å². The van der Waals surface area contributed by atoms with Gasteiger partial charge >= 0.3 is 0 Å². The molecular weight excluding hydrogens is 394 g/mol. The first-order chi connectivity index (χ1) is 13.6. The Morgan fingerprint density at radius 2 is 1.79 bits per heavy atom. The topological polar surface area (TPSA) is 85.1 Å². The molecule has 0 aliphatic rings. The molecule has 138 valence electrons. The molecule has 0 fully saturated rings. The summed E-state index contributed by atoms with van der Waals surface area (Å²) in [6, 6.07) is 21.2. The van der Waals surface area contributed by atoms with Crippen LogP contribution in [0.25, 0.3) is 10.2 Å². The first-order valence-electron chi connectivity index (χ1n) is 8.28. The number of nitro benzene ring substituents is 1. The fraction of sp³-hybridized carbons (Fsp3) is 0. The lowest BCUT2D eigenvalue weighted by atomic mass is 10.2. The van der Waals surface area contributed by atoms with Gasteiger partial charge in [0.2, 0.25) is 0 Å². The van der Waals surface area contributed by atoms with Crippen molar-refractivity contribution in [1.82, 2.24) is 4.98 Å². The lowest BCUT2D eigenvalue weighted by Gasteiger charge is -2.05. The third-order valence-corrected chi connectivity index (χ3v) is 5.84. The zero-order valence-corrected chi connectivity index (χ0v) is 16.0. The number of thiazole rings is 1. The molecule has 0 spiro atoms. The summed E-state index contributed by atoms with van der Waals surface area (Å²) in [5.74, 6) is -0.231. The van der Waals surface area contributed by atoms with Crippen molar-refractivity contribution in [3.63, 3.8) is 0 Å². The van der Waals surface area contributed by atoms with Crippen LogP contribution in [0.5, 0.6) is 0 Å². The van der Waals surface area contributed by atoms with Crippen LogP contribution in [0.3, 0.4) is 0 Å². The van der Waals surface area contributed by atoms with Gasteiger partial charge in [0.15, 0.2) is 5.13 Å². The molecule has 1 aromatic heterocycles. The molecule has 1 N–H and O–H groups in total. The number of carbonyl (C=O) groups excluding carboxylic acids is 1. The van der Waals surface area contributed by atoms with Crippen LogP contribution >= 0.6 is 23.1 Å². The normalized spacial score (nSPS) is 10.7. The van der Waals surface area contributed by atoms with Crippen molar-refractivity contribution in [3.05, 3.63) is 88.5 Å². The largest absolute Gasteiger partial charge is 0.298 e. The van der Waals surface area contributed by atoms with Crippen molar-refractivity contribution in [1.29, 1.82) is 0 Å². The van der Waals surface area contributed by atoms with Gasteiger partial charge in [-0.3, -0.25) is 20.2 Å². The summed E-state index contributed by atoms with van der Waals surface area (Å²) in [6.45, 7) is 0. The number of hydrogen-bond acceptors (Lipinski definition) is 6. The van der Waals surface area contributed by atoms with Gasteiger partial charge in [-0.25, -0.2) is 4.98 Å². The number of hydrogen-bond donors (Lipinski definition) is 1. The average molecular weight is 407 g/mol. The van der Waals surface area contributed by atoms with E-state index in [9.17, 15) is 14.9 Å². The molecule has 28 heavy (non-hydrogen) atoms. The number of carbonyl (C=O) groups is 1.